The third-order valence-corrected chi connectivity index (χ3v) is 3.66. The number of phenols is 1. The highest BCUT2D eigenvalue weighted by Gasteiger charge is 2.06. The molecule has 110 valence electrons. The minimum atomic E-state index is -0.0912. The third-order valence-electron chi connectivity index (χ3n) is 3.02. The van der Waals surface area contributed by atoms with E-state index in [9.17, 15) is 9.90 Å². The molecule has 5 heteroatoms. The second-order valence-electron chi connectivity index (χ2n) is 4.54. The molecule has 0 radical (unpaired) electrons. The Balaban J connectivity index is 2.08. The number of amides is 1. The average Bonchev–Trinajstić information content (AvgIpc) is 2.49. The van der Waals surface area contributed by atoms with Crippen molar-refractivity contribution in [3.63, 3.8) is 0 Å². The van der Waals surface area contributed by atoms with Crippen LogP contribution >= 0.6 is 15.9 Å². The molecule has 2 aromatic carbocycles. The van der Waals surface area contributed by atoms with Gasteiger partial charge in [-0.05, 0) is 47.1 Å². The number of hydrogen-bond donors (Lipinski definition) is 3. The maximum atomic E-state index is 11.8. The lowest BCUT2D eigenvalue weighted by molar-refractivity contribution is 0.0956. The monoisotopic (exact) mass is 348 g/mol. The standard InChI is InChI=1S/C16H17BrN2O2/c1-2-18-16(21)11-5-3-7-13(9-11)19-10-12-6-4-8-14(17)15(12)20/h3-9,19-20H,2,10H2,1H3,(H,18,21). The van der Waals surface area contributed by atoms with Gasteiger partial charge in [0.2, 0.25) is 0 Å². The van der Waals surface area contributed by atoms with Gasteiger partial charge in [0.25, 0.3) is 5.91 Å². The molecule has 0 aliphatic rings. The van der Waals surface area contributed by atoms with E-state index in [2.05, 4.69) is 26.6 Å². The second-order valence-corrected chi connectivity index (χ2v) is 5.40. The summed E-state index contributed by atoms with van der Waals surface area (Å²) >= 11 is 3.29. The fraction of sp³-hybridized carbons (Fsp3) is 0.188. The van der Waals surface area contributed by atoms with Crippen LogP contribution in [0.3, 0.4) is 0 Å². The van der Waals surface area contributed by atoms with Crippen LogP contribution < -0.4 is 10.6 Å². The molecule has 1 amide bonds. The molecule has 2 aromatic rings. The first-order chi connectivity index (χ1) is 10.1. The number of hydrogen-bond acceptors (Lipinski definition) is 3. The summed E-state index contributed by atoms with van der Waals surface area (Å²) in [4.78, 5) is 11.8. The number of aromatic hydroxyl groups is 1. The van der Waals surface area contributed by atoms with Gasteiger partial charge in [0, 0.05) is 29.9 Å². The molecule has 0 saturated carbocycles. The number of nitrogens with one attached hydrogen (secondary N) is 2. The zero-order valence-corrected chi connectivity index (χ0v) is 13.3. The van der Waals surface area contributed by atoms with Gasteiger partial charge in [-0.3, -0.25) is 4.79 Å². The van der Waals surface area contributed by atoms with Crippen molar-refractivity contribution in [1.29, 1.82) is 0 Å². The molecule has 2 rings (SSSR count). The first-order valence-corrected chi connectivity index (χ1v) is 7.49. The highest BCUT2D eigenvalue weighted by atomic mass is 79.9. The Labute approximate surface area is 132 Å². The number of carbonyl (C=O) groups is 1. The Hall–Kier alpha value is -2.01. The highest BCUT2D eigenvalue weighted by molar-refractivity contribution is 9.10. The fourth-order valence-electron chi connectivity index (χ4n) is 1.93. The second kappa shape index (κ2) is 7.13. The van der Waals surface area contributed by atoms with Crippen molar-refractivity contribution in [2.24, 2.45) is 0 Å². The number of benzene rings is 2. The number of halogens is 1. The lowest BCUT2D eigenvalue weighted by atomic mass is 10.1. The summed E-state index contributed by atoms with van der Waals surface area (Å²) in [5.41, 5.74) is 2.23. The van der Waals surface area contributed by atoms with E-state index < -0.39 is 0 Å². The molecule has 0 aliphatic heterocycles. The van der Waals surface area contributed by atoms with E-state index >= 15 is 0 Å². The Kier molecular flexibility index (Phi) is 5.22. The number of carbonyl (C=O) groups excluding carboxylic acids is 1. The zero-order valence-electron chi connectivity index (χ0n) is 11.7. The zero-order chi connectivity index (χ0) is 15.2. The van der Waals surface area contributed by atoms with Gasteiger partial charge in [0.1, 0.15) is 5.75 Å². The van der Waals surface area contributed by atoms with E-state index in [0.717, 1.165) is 11.3 Å². The lowest BCUT2D eigenvalue weighted by Crippen LogP contribution is -2.22. The van der Waals surface area contributed by atoms with Crippen LogP contribution in [0.5, 0.6) is 5.75 Å². The predicted octanol–water partition coefficient (Wildman–Crippen LogP) is 3.52. The first-order valence-electron chi connectivity index (χ1n) is 6.70. The quantitative estimate of drug-likeness (QED) is 0.774. The van der Waals surface area contributed by atoms with Crippen molar-refractivity contribution in [2.75, 3.05) is 11.9 Å². The number of para-hydroxylation sites is 1. The lowest BCUT2D eigenvalue weighted by Gasteiger charge is -2.10. The van der Waals surface area contributed by atoms with Crippen molar-refractivity contribution >= 4 is 27.5 Å². The van der Waals surface area contributed by atoms with Gasteiger partial charge in [-0.2, -0.15) is 0 Å². The summed E-state index contributed by atoms with van der Waals surface area (Å²) in [6.45, 7) is 2.96. The molecular weight excluding hydrogens is 332 g/mol. The maximum Gasteiger partial charge on any atom is 0.251 e. The molecule has 0 atom stereocenters. The molecule has 4 nitrogen and oxygen atoms in total. The van der Waals surface area contributed by atoms with Gasteiger partial charge in [-0.15, -0.1) is 0 Å². The van der Waals surface area contributed by atoms with Crippen LogP contribution in [0, 0.1) is 0 Å². The molecule has 21 heavy (non-hydrogen) atoms. The molecule has 0 spiro atoms. The Morgan fingerprint density at radius 2 is 2.00 bits per heavy atom. The molecule has 0 heterocycles. The van der Waals surface area contributed by atoms with Crippen LogP contribution in [0.15, 0.2) is 46.9 Å². The van der Waals surface area contributed by atoms with Crippen LogP contribution in [0.4, 0.5) is 5.69 Å². The van der Waals surface area contributed by atoms with Crippen LogP contribution in [-0.2, 0) is 6.54 Å². The fourth-order valence-corrected chi connectivity index (χ4v) is 2.34. The van der Waals surface area contributed by atoms with E-state index in [1.54, 1.807) is 18.2 Å². The van der Waals surface area contributed by atoms with Gasteiger partial charge in [0.05, 0.1) is 4.47 Å². The smallest absolute Gasteiger partial charge is 0.251 e. The molecule has 0 aromatic heterocycles. The van der Waals surface area contributed by atoms with E-state index in [1.807, 2.05) is 31.2 Å². The molecule has 0 bridgehead atoms. The van der Waals surface area contributed by atoms with Crippen molar-refractivity contribution in [3.05, 3.63) is 58.1 Å². The molecule has 0 unspecified atom stereocenters. The average molecular weight is 349 g/mol. The van der Waals surface area contributed by atoms with Gasteiger partial charge >= 0.3 is 0 Å². The number of rotatable bonds is 5. The van der Waals surface area contributed by atoms with Crippen molar-refractivity contribution < 1.29 is 9.90 Å². The Bertz CT molecular complexity index is 644. The van der Waals surface area contributed by atoms with Crippen LogP contribution in [0.2, 0.25) is 0 Å². The SMILES string of the molecule is CCNC(=O)c1cccc(NCc2cccc(Br)c2O)c1. The summed E-state index contributed by atoms with van der Waals surface area (Å²) in [5.74, 6) is 0.135. The van der Waals surface area contributed by atoms with Crippen LogP contribution in [-0.4, -0.2) is 17.6 Å². The highest BCUT2D eigenvalue weighted by Crippen LogP contribution is 2.28. The largest absolute Gasteiger partial charge is 0.506 e. The van der Waals surface area contributed by atoms with Gasteiger partial charge in [-0.25, -0.2) is 0 Å². The van der Waals surface area contributed by atoms with Crippen LogP contribution in [0.1, 0.15) is 22.8 Å². The number of anilines is 1. The van der Waals surface area contributed by atoms with Crippen molar-refractivity contribution in [1.82, 2.24) is 5.32 Å². The summed E-state index contributed by atoms with van der Waals surface area (Å²) in [5, 5.41) is 15.9. The molecule has 0 fully saturated rings. The summed E-state index contributed by atoms with van der Waals surface area (Å²) in [7, 11) is 0. The van der Waals surface area contributed by atoms with E-state index in [0.29, 0.717) is 23.1 Å². The van der Waals surface area contributed by atoms with Gasteiger partial charge < -0.3 is 15.7 Å². The van der Waals surface area contributed by atoms with E-state index in [-0.39, 0.29) is 11.7 Å². The Morgan fingerprint density at radius 1 is 1.24 bits per heavy atom. The summed E-state index contributed by atoms with van der Waals surface area (Å²) in [6, 6.07) is 12.8. The predicted molar refractivity (Wildman–Crippen MR) is 87.6 cm³/mol. The van der Waals surface area contributed by atoms with Crippen LogP contribution in [0.25, 0.3) is 0 Å². The maximum absolute atomic E-state index is 11.8. The topological polar surface area (TPSA) is 61.4 Å². The first kappa shape index (κ1) is 15.4. The van der Waals surface area contributed by atoms with Gasteiger partial charge in [0.15, 0.2) is 0 Å². The van der Waals surface area contributed by atoms with Crippen molar-refractivity contribution in [3.8, 4) is 5.75 Å². The van der Waals surface area contributed by atoms with Crippen molar-refractivity contribution in [2.45, 2.75) is 13.5 Å². The molecule has 0 saturated heterocycles. The summed E-state index contributed by atoms with van der Waals surface area (Å²) in [6.07, 6.45) is 0. The normalized spacial score (nSPS) is 10.2. The minimum absolute atomic E-state index is 0.0912. The van der Waals surface area contributed by atoms with Gasteiger partial charge in [-0.1, -0.05) is 18.2 Å². The van der Waals surface area contributed by atoms with E-state index in [4.69, 9.17) is 0 Å². The summed E-state index contributed by atoms with van der Waals surface area (Å²) < 4.78 is 0.665. The minimum Gasteiger partial charge on any atom is -0.506 e. The number of phenolic OH excluding ortho intramolecular Hbond substituents is 1. The Morgan fingerprint density at radius 3 is 2.76 bits per heavy atom. The molecular formula is C16H17BrN2O2. The molecule has 0 aliphatic carbocycles. The third kappa shape index (κ3) is 3.98. The molecule has 3 N–H and O–H groups in total. The van der Waals surface area contributed by atoms with E-state index in [1.165, 1.54) is 0 Å².